The molecule has 1 fully saturated rings. The van der Waals surface area contributed by atoms with Gasteiger partial charge in [0.25, 0.3) is 5.91 Å². The molecule has 6 heteroatoms. The molecule has 1 aliphatic heterocycles. The Bertz CT molecular complexity index is 1070. The van der Waals surface area contributed by atoms with Crippen molar-refractivity contribution in [3.8, 4) is 11.4 Å². The number of aliphatic hydroxyl groups is 1. The predicted octanol–water partition coefficient (Wildman–Crippen LogP) is 3.65. The topological polar surface area (TPSA) is 78.6 Å². The molecule has 2 aromatic carbocycles. The zero-order valence-corrected chi connectivity index (χ0v) is 18.1. The van der Waals surface area contributed by atoms with Gasteiger partial charge in [-0.05, 0) is 55.9 Å². The molecule has 0 unspecified atom stereocenters. The fourth-order valence-corrected chi connectivity index (χ4v) is 4.38. The summed E-state index contributed by atoms with van der Waals surface area (Å²) < 4.78 is 1.57. The van der Waals surface area contributed by atoms with E-state index in [-0.39, 0.29) is 29.4 Å². The van der Waals surface area contributed by atoms with Crippen molar-refractivity contribution in [1.29, 1.82) is 0 Å². The molecule has 162 valence electrons. The van der Waals surface area contributed by atoms with Crippen molar-refractivity contribution in [2.24, 2.45) is 5.41 Å². The van der Waals surface area contributed by atoms with E-state index in [1.54, 1.807) is 9.58 Å². The van der Waals surface area contributed by atoms with Crippen LogP contribution in [0.2, 0.25) is 0 Å². The first-order chi connectivity index (χ1) is 14.9. The molecule has 0 radical (unpaired) electrons. The molecule has 1 aromatic heterocycles. The van der Waals surface area contributed by atoms with Crippen molar-refractivity contribution in [2.45, 2.75) is 33.1 Å². The molecule has 0 spiro atoms. The lowest BCUT2D eigenvalue weighted by molar-refractivity contribution is 0.0353. The molecule has 1 amide bonds. The SMILES string of the molecule is Cc1cccc(-n2cc(O)c(C(=O)N3CCC(CO)(Cc4ccccc4)CC3)n2)c1C. The Balaban J connectivity index is 1.49. The van der Waals surface area contributed by atoms with Crippen LogP contribution in [0.3, 0.4) is 0 Å². The molecule has 2 heterocycles. The predicted molar refractivity (Wildman–Crippen MR) is 120 cm³/mol. The van der Waals surface area contributed by atoms with E-state index in [1.165, 1.54) is 11.8 Å². The Hall–Kier alpha value is -3.12. The molecule has 0 bridgehead atoms. The van der Waals surface area contributed by atoms with Crippen molar-refractivity contribution in [3.63, 3.8) is 0 Å². The number of carbonyl (C=O) groups excluding carboxylic acids is 1. The number of aliphatic hydroxyl groups excluding tert-OH is 1. The molecule has 0 aliphatic carbocycles. The summed E-state index contributed by atoms with van der Waals surface area (Å²) in [5.41, 5.74) is 4.06. The minimum absolute atomic E-state index is 0.0699. The molecule has 2 N–H and O–H groups in total. The lowest BCUT2D eigenvalue weighted by atomic mass is 9.74. The minimum Gasteiger partial charge on any atom is -0.504 e. The van der Waals surface area contributed by atoms with Crippen LogP contribution in [0.5, 0.6) is 5.75 Å². The van der Waals surface area contributed by atoms with Crippen molar-refractivity contribution in [2.75, 3.05) is 19.7 Å². The number of carbonyl (C=O) groups is 1. The van der Waals surface area contributed by atoms with Crippen molar-refractivity contribution in [1.82, 2.24) is 14.7 Å². The summed E-state index contributed by atoms with van der Waals surface area (Å²) in [6.07, 6.45) is 3.70. The van der Waals surface area contributed by atoms with Crippen LogP contribution in [0, 0.1) is 19.3 Å². The van der Waals surface area contributed by atoms with Crippen LogP contribution in [0.1, 0.15) is 40.0 Å². The summed E-state index contributed by atoms with van der Waals surface area (Å²) in [4.78, 5) is 14.8. The maximum atomic E-state index is 13.1. The normalized spacial score (nSPS) is 15.8. The van der Waals surface area contributed by atoms with Gasteiger partial charge in [0.05, 0.1) is 11.9 Å². The van der Waals surface area contributed by atoms with Gasteiger partial charge in [-0.2, -0.15) is 5.10 Å². The van der Waals surface area contributed by atoms with E-state index >= 15 is 0 Å². The Morgan fingerprint density at radius 2 is 1.77 bits per heavy atom. The van der Waals surface area contributed by atoms with Gasteiger partial charge >= 0.3 is 0 Å². The van der Waals surface area contributed by atoms with Crippen LogP contribution < -0.4 is 0 Å². The first kappa shape index (κ1) is 21.1. The molecule has 0 atom stereocenters. The number of benzene rings is 2. The number of amides is 1. The smallest absolute Gasteiger partial charge is 0.278 e. The van der Waals surface area contributed by atoms with Gasteiger partial charge in [0.2, 0.25) is 0 Å². The highest BCUT2D eigenvalue weighted by Crippen LogP contribution is 2.35. The van der Waals surface area contributed by atoms with E-state index in [1.807, 2.05) is 50.2 Å². The highest BCUT2D eigenvalue weighted by Gasteiger charge is 2.36. The zero-order valence-electron chi connectivity index (χ0n) is 18.1. The van der Waals surface area contributed by atoms with Gasteiger partial charge in [0, 0.05) is 25.1 Å². The molecule has 4 rings (SSSR count). The van der Waals surface area contributed by atoms with Crippen molar-refractivity contribution in [3.05, 3.63) is 77.1 Å². The van der Waals surface area contributed by atoms with Gasteiger partial charge < -0.3 is 15.1 Å². The summed E-state index contributed by atoms with van der Waals surface area (Å²) in [5, 5.41) is 24.9. The summed E-state index contributed by atoms with van der Waals surface area (Å²) in [5.74, 6) is -0.387. The van der Waals surface area contributed by atoms with Crippen LogP contribution >= 0.6 is 0 Å². The number of hydrogen-bond acceptors (Lipinski definition) is 4. The highest BCUT2D eigenvalue weighted by atomic mass is 16.3. The first-order valence-corrected chi connectivity index (χ1v) is 10.7. The maximum absolute atomic E-state index is 13.1. The van der Waals surface area contributed by atoms with Gasteiger partial charge in [0.1, 0.15) is 0 Å². The fraction of sp³-hybridized carbons (Fsp3) is 0.360. The number of aromatic hydroxyl groups is 1. The van der Waals surface area contributed by atoms with E-state index in [0.717, 1.165) is 23.2 Å². The second kappa shape index (κ2) is 8.55. The average Bonchev–Trinajstić information content (AvgIpc) is 3.17. The van der Waals surface area contributed by atoms with Gasteiger partial charge in [-0.1, -0.05) is 42.5 Å². The summed E-state index contributed by atoms with van der Waals surface area (Å²) >= 11 is 0. The Morgan fingerprint density at radius 3 is 2.45 bits per heavy atom. The zero-order chi connectivity index (χ0) is 22.0. The van der Waals surface area contributed by atoms with Crippen LogP contribution in [0.15, 0.2) is 54.7 Å². The number of nitrogens with zero attached hydrogens (tertiary/aromatic N) is 3. The minimum atomic E-state index is -0.271. The standard InChI is InChI=1S/C25H29N3O3/c1-18-7-6-10-21(19(18)2)28-16-22(30)23(26-28)24(31)27-13-11-25(17-29,12-14-27)15-20-8-4-3-5-9-20/h3-10,16,29-30H,11-15,17H2,1-2H3. The van der Waals surface area contributed by atoms with Crippen LogP contribution in [0.4, 0.5) is 0 Å². The number of aryl methyl sites for hydroxylation is 1. The van der Waals surface area contributed by atoms with Gasteiger partial charge in [0.15, 0.2) is 11.4 Å². The highest BCUT2D eigenvalue weighted by molar-refractivity contribution is 5.95. The van der Waals surface area contributed by atoms with E-state index in [4.69, 9.17) is 0 Å². The first-order valence-electron chi connectivity index (χ1n) is 10.7. The average molecular weight is 420 g/mol. The molecule has 31 heavy (non-hydrogen) atoms. The number of likely N-dealkylation sites (tertiary alicyclic amines) is 1. The quantitative estimate of drug-likeness (QED) is 0.662. The molecule has 6 nitrogen and oxygen atoms in total. The maximum Gasteiger partial charge on any atom is 0.278 e. The second-order valence-corrected chi connectivity index (χ2v) is 8.64. The number of piperidine rings is 1. The molecule has 1 saturated heterocycles. The molecule has 3 aromatic rings. The lowest BCUT2D eigenvalue weighted by Crippen LogP contribution is -2.45. The van der Waals surface area contributed by atoms with Crippen LogP contribution in [-0.2, 0) is 6.42 Å². The largest absolute Gasteiger partial charge is 0.504 e. The van der Waals surface area contributed by atoms with Crippen LogP contribution in [-0.4, -0.2) is 50.5 Å². The third-order valence-corrected chi connectivity index (χ3v) is 6.59. The molecular formula is C25H29N3O3. The number of hydrogen-bond donors (Lipinski definition) is 2. The summed E-state index contributed by atoms with van der Waals surface area (Å²) in [6, 6.07) is 16.0. The lowest BCUT2D eigenvalue weighted by Gasteiger charge is -2.40. The van der Waals surface area contributed by atoms with Crippen LogP contribution in [0.25, 0.3) is 5.69 Å². The van der Waals surface area contributed by atoms with E-state index in [2.05, 4.69) is 17.2 Å². The summed E-state index contributed by atoms with van der Waals surface area (Å²) in [6.45, 7) is 5.17. The van der Waals surface area contributed by atoms with Gasteiger partial charge in [-0.25, -0.2) is 4.68 Å². The molecular weight excluding hydrogens is 390 g/mol. The Labute approximate surface area is 182 Å². The van der Waals surface area contributed by atoms with E-state index < -0.39 is 0 Å². The van der Waals surface area contributed by atoms with Crippen molar-refractivity contribution < 1.29 is 15.0 Å². The Kier molecular flexibility index (Phi) is 5.83. The van der Waals surface area contributed by atoms with E-state index in [0.29, 0.717) is 25.9 Å². The molecule has 1 aliphatic rings. The van der Waals surface area contributed by atoms with Gasteiger partial charge in [-0.3, -0.25) is 4.79 Å². The Morgan fingerprint density at radius 1 is 1.06 bits per heavy atom. The fourth-order valence-electron chi connectivity index (χ4n) is 4.38. The third kappa shape index (κ3) is 4.21. The second-order valence-electron chi connectivity index (χ2n) is 8.64. The number of aromatic nitrogens is 2. The monoisotopic (exact) mass is 419 g/mol. The number of rotatable bonds is 5. The third-order valence-electron chi connectivity index (χ3n) is 6.59. The van der Waals surface area contributed by atoms with Gasteiger partial charge in [-0.15, -0.1) is 0 Å². The summed E-state index contributed by atoms with van der Waals surface area (Å²) in [7, 11) is 0. The van der Waals surface area contributed by atoms with Crippen molar-refractivity contribution >= 4 is 5.91 Å². The van der Waals surface area contributed by atoms with E-state index in [9.17, 15) is 15.0 Å². The molecule has 0 saturated carbocycles.